The van der Waals surface area contributed by atoms with Gasteiger partial charge in [0.1, 0.15) is 29.2 Å². The van der Waals surface area contributed by atoms with Gasteiger partial charge in [0.2, 0.25) is 0 Å². The minimum atomic E-state index is 0.578. The summed E-state index contributed by atoms with van der Waals surface area (Å²) in [6.07, 6.45) is 4.20. The predicted molar refractivity (Wildman–Crippen MR) is 119 cm³/mol. The van der Waals surface area contributed by atoms with Crippen LogP contribution < -0.4 is 4.57 Å². The number of para-hydroxylation sites is 2. The SMILES string of the molecule is Cc1ccccc1-n1cc[n+](C)c1-c1c(C)ccc2c1oc1oc3ccccc3c12. The van der Waals surface area contributed by atoms with Crippen LogP contribution in [0.25, 0.3) is 50.2 Å². The van der Waals surface area contributed by atoms with Gasteiger partial charge in [0.25, 0.3) is 11.6 Å². The number of fused-ring (bicyclic) bond motifs is 5. The maximum atomic E-state index is 6.36. The zero-order valence-corrected chi connectivity index (χ0v) is 17.1. The molecule has 0 aliphatic heterocycles. The van der Waals surface area contributed by atoms with Crippen molar-refractivity contribution in [3.8, 4) is 17.1 Å². The normalized spacial score (nSPS) is 11.8. The number of imidazole rings is 1. The second kappa shape index (κ2) is 6.10. The Balaban J connectivity index is 1.72. The smallest absolute Gasteiger partial charge is 0.299 e. The molecular weight excluding hydrogens is 372 g/mol. The van der Waals surface area contributed by atoms with Gasteiger partial charge in [0, 0.05) is 10.8 Å². The third-order valence-corrected chi connectivity index (χ3v) is 5.99. The third-order valence-electron chi connectivity index (χ3n) is 5.99. The van der Waals surface area contributed by atoms with Gasteiger partial charge in [-0.1, -0.05) is 48.5 Å². The second-order valence-electron chi connectivity index (χ2n) is 7.89. The van der Waals surface area contributed by atoms with Crippen LogP contribution in [0.2, 0.25) is 0 Å². The fourth-order valence-corrected chi connectivity index (χ4v) is 4.51. The number of furan rings is 2. The Morgan fingerprint density at radius 1 is 0.800 bits per heavy atom. The zero-order valence-electron chi connectivity index (χ0n) is 17.1. The summed E-state index contributed by atoms with van der Waals surface area (Å²) < 4.78 is 16.8. The summed E-state index contributed by atoms with van der Waals surface area (Å²) in [6.45, 7) is 4.27. The van der Waals surface area contributed by atoms with Crippen LogP contribution in [0.1, 0.15) is 11.1 Å². The van der Waals surface area contributed by atoms with Gasteiger partial charge in [-0.2, -0.15) is 4.57 Å². The van der Waals surface area contributed by atoms with E-state index in [2.05, 4.69) is 84.9 Å². The van der Waals surface area contributed by atoms with Crippen molar-refractivity contribution in [1.82, 2.24) is 4.57 Å². The van der Waals surface area contributed by atoms with Crippen LogP contribution in [0.4, 0.5) is 0 Å². The van der Waals surface area contributed by atoms with Crippen LogP contribution in [0.5, 0.6) is 0 Å². The van der Waals surface area contributed by atoms with E-state index in [0.29, 0.717) is 5.78 Å². The number of hydrogen-bond donors (Lipinski definition) is 0. The minimum absolute atomic E-state index is 0.578. The van der Waals surface area contributed by atoms with E-state index >= 15 is 0 Å². The van der Waals surface area contributed by atoms with Crippen LogP contribution >= 0.6 is 0 Å². The molecule has 4 heteroatoms. The van der Waals surface area contributed by atoms with E-state index in [4.69, 9.17) is 8.83 Å². The number of aromatic nitrogens is 2. The lowest BCUT2D eigenvalue weighted by molar-refractivity contribution is -0.659. The van der Waals surface area contributed by atoms with Crippen LogP contribution in [0, 0.1) is 13.8 Å². The zero-order chi connectivity index (χ0) is 20.4. The van der Waals surface area contributed by atoms with Crippen molar-refractivity contribution in [2.45, 2.75) is 13.8 Å². The molecule has 0 aliphatic carbocycles. The Hall–Kier alpha value is -3.79. The molecule has 30 heavy (non-hydrogen) atoms. The molecule has 0 N–H and O–H groups in total. The summed E-state index contributed by atoms with van der Waals surface area (Å²) in [5.74, 6) is 1.66. The van der Waals surface area contributed by atoms with Gasteiger partial charge >= 0.3 is 0 Å². The van der Waals surface area contributed by atoms with Gasteiger partial charge in [0.15, 0.2) is 5.58 Å². The number of aryl methyl sites for hydroxylation is 3. The Kier molecular flexibility index (Phi) is 3.48. The molecule has 0 aliphatic rings. The summed E-state index contributed by atoms with van der Waals surface area (Å²) in [5, 5.41) is 3.20. The molecule has 0 saturated heterocycles. The molecule has 6 aromatic rings. The molecule has 0 unspecified atom stereocenters. The van der Waals surface area contributed by atoms with Gasteiger partial charge in [-0.05, 0) is 37.1 Å². The molecule has 0 amide bonds. The maximum absolute atomic E-state index is 6.36. The molecule has 0 bridgehead atoms. The lowest BCUT2D eigenvalue weighted by Crippen LogP contribution is -2.29. The van der Waals surface area contributed by atoms with Crippen molar-refractivity contribution in [1.29, 1.82) is 0 Å². The molecule has 6 rings (SSSR count). The van der Waals surface area contributed by atoms with Crippen molar-refractivity contribution < 1.29 is 13.4 Å². The summed E-state index contributed by atoms with van der Waals surface area (Å²) >= 11 is 0. The lowest BCUT2D eigenvalue weighted by atomic mass is 10.0. The first-order valence-electron chi connectivity index (χ1n) is 10.1. The lowest BCUT2D eigenvalue weighted by Gasteiger charge is -2.08. The fourth-order valence-electron chi connectivity index (χ4n) is 4.51. The monoisotopic (exact) mass is 393 g/mol. The van der Waals surface area contributed by atoms with Gasteiger partial charge < -0.3 is 8.83 Å². The standard InChI is InChI=1S/C26H21N2O2/c1-16-8-4-6-10-20(16)28-15-14-27(3)25(28)22-17(2)12-13-19-23-18-9-5-7-11-21(18)29-26(23)30-24(19)22/h4-15H,1-3H3/q+1. The summed E-state index contributed by atoms with van der Waals surface area (Å²) in [4.78, 5) is 0. The minimum Gasteiger partial charge on any atom is -0.425 e. The van der Waals surface area contributed by atoms with Gasteiger partial charge in [0.05, 0.1) is 12.4 Å². The summed E-state index contributed by atoms with van der Waals surface area (Å²) in [7, 11) is 2.07. The molecule has 4 nitrogen and oxygen atoms in total. The van der Waals surface area contributed by atoms with Crippen molar-refractivity contribution in [3.63, 3.8) is 0 Å². The molecule has 0 atom stereocenters. The Bertz CT molecular complexity index is 1580. The average Bonchev–Trinajstić information content (AvgIpc) is 3.40. The number of hydrogen-bond acceptors (Lipinski definition) is 2. The molecule has 0 fully saturated rings. The van der Waals surface area contributed by atoms with E-state index < -0.39 is 0 Å². The van der Waals surface area contributed by atoms with E-state index in [0.717, 1.165) is 50.0 Å². The van der Waals surface area contributed by atoms with Gasteiger partial charge in [-0.25, -0.2) is 4.57 Å². The quantitative estimate of drug-likeness (QED) is 0.327. The van der Waals surface area contributed by atoms with Crippen LogP contribution in [0.3, 0.4) is 0 Å². The highest BCUT2D eigenvalue weighted by atomic mass is 16.5. The Morgan fingerprint density at radius 3 is 2.47 bits per heavy atom. The highest BCUT2D eigenvalue weighted by molar-refractivity contribution is 6.19. The third kappa shape index (κ3) is 2.25. The molecule has 3 aromatic carbocycles. The number of benzene rings is 3. The highest BCUT2D eigenvalue weighted by Crippen LogP contribution is 2.41. The fraction of sp³-hybridized carbons (Fsp3) is 0.115. The summed E-state index contributed by atoms with van der Waals surface area (Å²) in [5.41, 5.74) is 6.33. The van der Waals surface area contributed by atoms with Crippen LogP contribution in [0.15, 0.2) is 81.9 Å². The predicted octanol–water partition coefficient (Wildman–Crippen LogP) is 6.23. The largest absolute Gasteiger partial charge is 0.425 e. The van der Waals surface area contributed by atoms with Gasteiger partial charge in [-0.3, -0.25) is 0 Å². The topological polar surface area (TPSA) is 35.1 Å². The number of nitrogens with zero attached hydrogens (tertiary/aromatic N) is 2. The highest BCUT2D eigenvalue weighted by Gasteiger charge is 2.27. The van der Waals surface area contributed by atoms with Crippen LogP contribution in [-0.4, -0.2) is 4.57 Å². The first-order valence-corrected chi connectivity index (χ1v) is 10.1. The Morgan fingerprint density at radius 2 is 1.60 bits per heavy atom. The van der Waals surface area contributed by atoms with Crippen molar-refractivity contribution in [2.75, 3.05) is 0 Å². The van der Waals surface area contributed by atoms with E-state index in [1.807, 2.05) is 18.2 Å². The van der Waals surface area contributed by atoms with Gasteiger partial charge in [-0.15, -0.1) is 0 Å². The maximum Gasteiger partial charge on any atom is 0.299 e. The van der Waals surface area contributed by atoms with E-state index in [1.165, 1.54) is 5.56 Å². The van der Waals surface area contributed by atoms with E-state index in [-0.39, 0.29) is 0 Å². The molecular formula is C26H21N2O2+. The van der Waals surface area contributed by atoms with Crippen molar-refractivity contribution in [3.05, 3.63) is 84.2 Å². The second-order valence-corrected chi connectivity index (χ2v) is 7.89. The molecule has 0 spiro atoms. The van der Waals surface area contributed by atoms with Crippen LogP contribution in [-0.2, 0) is 7.05 Å². The average molecular weight is 393 g/mol. The molecule has 146 valence electrons. The first kappa shape index (κ1) is 17.1. The first-order chi connectivity index (χ1) is 14.6. The summed E-state index contributed by atoms with van der Waals surface area (Å²) in [6, 6.07) is 20.8. The molecule has 3 aromatic heterocycles. The van der Waals surface area contributed by atoms with E-state index in [1.54, 1.807) is 0 Å². The van der Waals surface area contributed by atoms with E-state index in [9.17, 15) is 0 Å². The molecule has 0 saturated carbocycles. The molecule has 3 heterocycles. The Labute approximate surface area is 173 Å². The molecule has 0 radical (unpaired) electrons. The number of rotatable bonds is 2. The van der Waals surface area contributed by atoms with Crippen molar-refractivity contribution in [2.24, 2.45) is 7.05 Å². The van der Waals surface area contributed by atoms with Crippen molar-refractivity contribution >= 4 is 33.1 Å².